The fourth-order valence-corrected chi connectivity index (χ4v) is 4.72. The third kappa shape index (κ3) is 3.68. The Labute approximate surface area is 116 Å². The maximum atomic E-state index is 11.4. The summed E-state index contributed by atoms with van der Waals surface area (Å²) >= 11 is 1.41. The van der Waals surface area contributed by atoms with Gasteiger partial charge in [-0.2, -0.15) is 0 Å². The van der Waals surface area contributed by atoms with Crippen LogP contribution >= 0.6 is 11.9 Å². The molecule has 0 bridgehead atoms. The first-order valence-electron chi connectivity index (χ1n) is 5.73. The van der Waals surface area contributed by atoms with Crippen LogP contribution in [0.25, 0.3) is 0 Å². The van der Waals surface area contributed by atoms with Crippen molar-refractivity contribution in [1.29, 1.82) is 0 Å². The standard InChI is InChI=1S/C11H14N2O4S2/c1-12(10-6-7-19(16,17)8-10)18-11-4-2-9(3-5-11)13(14)15/h2-5,10H,6-8H2,1H3. The van der Waals surface area contributed by atoms with Gasteiger partial charge in [0.25, 0.3) is 5.69 Å². The van der Waals surface area contributed by atoms with Crippen molar-refractivity contribution in [2.45, 2.75) is 17.4 Å². The first kappa shape index (κ1) is 14.3. The van der Waals surface area contributed by atoms with Gasteiger partial charge in [-0.25, -0.2) is 12.7 Å². The molecular formula is C11H14N2O4S2. The van der Waals surface area contributed by atoms with Crippen LogP contribution < -0.4 is 0 Å². The van der Waals surface area contributed by atoms with Crippen LogP contribution in [0.15, 0.2) is 29.2 Å². The summed E-state index contributed by atoms with van der Waals surface area (Å²) in [7, 11) is -1.05. The molecule has 1 aromatic carbocycles. The normalized spacial score (nSPS) is 21.7. The van der Waals surface area contributed by atoms with Crippen LogP contribution in [0, 0.1) is 10.1 Å². The van der Waals surface area contributed by atoms with Crippen LogP contribution in [0.2, 0.25) is 0 Å². The summed E-state index contributed by atoms with van der Waals surface area (Å²) in [4.78, 5) is 11.0. The first-order chi connectivity index (χ1) is 8.87. The predicted octanol–water partition coefficient (Wildman–Crippen LogP) is 1.72. The topological polar surface area (TPSA) is 80.5 Å². The van der Waals surface area contributed by atoms with Crippen molar-refractivity contribution < 1.29 is 13.3 Å². The van der Waals surface area contributed by atoms with E-state index in [1.807, 2.05) is 11.4 Å². The van der Waals surface area contributed by atoms with Crippen LogP contribution in [0.5, 0.6) is 0 Å². The van der Waals surface area contributed by atoms with Crippen molar-refractivity contribution in [3.8, 4) is 0 Å². The van der Waals surface area contributed by atoms with Gasteiger partial charge in [0.2, 0.25) is 0 Å². The molecule has 0 N–H and O–H groups in total. The van der Waals surface area contributed by atoms with Crippen molar-refractivity contribution >= 4 is 27.5 Å². The Bertz CT molecular complexity index is 571. The van der Waals surface area contributed by atoms with Gasteiger partial charge in [0, 0.05) is 23.1 Å². The molecule has 1 aromatic rings. The Hall–Kier alpha value is -1.12. The van der Waals surface area contributed by atoms with Gasteiger partial charge in [-0.1, -0.05) is 0 Å². The smallest absolute Gasteiger partial charge is 0.258 e. The molecule has 104 valence electrons. The minimum Gasteiger partial charge on any atom is -0.258 e. The van der Waals surface area contributed by atoms with Crippen molar-refractivity contribution in [2.24, 2.45) is 0 Å². The van der Waals surface area contributed by atoms with Crippen molar-refractivity contribution in [1.82, 2.24) is 4.31 Å². The summed E-state index contributed by atoms with van der Waals surface area (Å²) in [5, 5.41) is 10.5. The molecule has 1 atom stereocenters. The molecule has 1 saturated heterocycles. The van der Waals surface area contributed by atoms with Crippen molar-refractivity contribution in [3.63, 3.8) is 0 Å². The average Bonchev–Trinajstić information content (AvgIpc) is 2.70. The number of non-ortho nitro benzene ring substituents is 1. The molecule has 1 unspecified atom stereocenters. The van der Waals surface area contributed by atoms with Gasteiger partial charge in [-0.05, 0) is 37.5 Å². The van der Waals surface area contributed by atoms with Crippen LogP contribution in [0.1, 0.15) is 6.42 Å². The number of nitrogens with zero attached hydrogens (tertiary/aromatic N) is 2. The first-order valence-corrected chi connectivity index (χ1v) is 8.32. The number of nitro groups is 1. The molecule has 1 fully saturated rings. The van der Waals surface area contributed by atoms with Crippen LogP contribution in [0.3, 0.4) is 0 Å². The Morgan fingerprint density at radius 2 is 2.00 bits per heavy atom. The molecule has 0 amide bonds. The third-order valence-corrected chi connectivity index (χ3v) is 5.84. The number of hydrogen-bond donors (Lipinski definition) is 0. The van der Waals surface area contributed by atoms with Crippen LogP contribution in [0.4, 0.5) is 5.69 Å². The Balaban J connectivity index is 1.99. The van der Waals surface area contributed by atoms with Gasteiger partial charge in [0.15, 0.2) is 9.84 Å². The second-order valence-electron chi connectivity index (χ2n) is 4.45. The summed E-state index contributed by atoms with van der Waals surface area (Å²) in [6, 6.07) is 6.24. The zero-order valence-electron chi connectivity index (χ0n) is 10.4. The highest BCUT2D eigenvalue weighted by Gasteiger charge is 2.31. The lowest BCUT2D eigenvalue weighted by molar-refractivity contribution is -0.384. The Kier molecular flexibility index (Phi) is 4.12. The van der Waals surface area contributed by atoms with Crippen molar-refractivity contribution in [3.05, 3.63) is 34.4 Å². The highest BCUT2D eigenvalue weighted by atomic mass is 32.2. The predicted molar refractivity (Wildman–Crippen MR) is 73.8 cm³/mol. The SMILES string of the molecule is CN(Sc1ccc([N+](=O)[O-])cc1)C1CCS(=O)(=O)C1. The lowest BCUT2D eigenvalue weighted by Gasteiger charge is -2.21. The van der Waals surface area contributed by atoms with Gasteiger partial charge in [-0.15, -0.1) is 0 Å². The minimum absolute atomic E-state index is 0.00481. The van der Waals surface area contributed by atoms with E-state index in [4.69, 9.17) is 0 Å². The number of benzene rings is 1. The molecule has 1 heterocycles. The fraction of sp³-hybridized carbons (Fsp3) is 0.455. The van der Waals surface area contributed by atoms with Gasteiger partial charge in [-0.3, -0.25) is 10.1 Å². The zero-order valence-corrected chi connectivity index (χ0v) is 12.0. The largest absolute Gasteiger partial charge is 0.269 e. The number of nitro benzene ring substituents is 1. The quantitative estimate of drug-likeness (QED) is 0.478. The Morgan fingerprint density at radius 1 is 1.37 bits per heavy atom. The highest BCUT2D eigenvalue weighted by Crippen LogP contribution is 2.28. The maximum absolute atomic E-state index is 11.4. The van der Waals surface area contributed by atoms with Crippen LogP contribution in [-0.2, 0) is 9.84 Å². The lowest BCUT2D eigenvalue weighted by Crippen LogP contribution is -2.26. The summed E-state index contributed by atoms with van der Waals surface area (Å²) in [6.07, 6.45) is 0.638. The lowest BCUT2D eigenvalue weighted by atomic mass is 10.3. The van der Waals surface area contributed by atoms with Gasteiger partial charge in [0.05, 0.1) is 16.4 Å². The molecule has 0 spiro atoms. The maximum Gasteiger partial charge on any atom is 0.269 e. The molecule has 0 radical (unpaired) electrons. The number of sulfone groups is 1. The van der Waals surface area contributed by atoms with E-state index in [0.717, 1.165) is 4.90 Å². The molecule has 1 aliphatic rings. The minimum atomic E-state index is -2.90. The molecule has 0 aromatic heterocycles. The summed E-state index contributed by atoms with van der Waals surface area (Å²) in [5.74, 6) is 0.423. The molecule has 0 aliphatic carbocycles. The molecule has 0 saturated carbocycles. The van der Waals surface area contributed by atoms with Crippen molar-refractivity contribution in [2.75, 3.05) is 18.6 Å². The Morgan fingerprint density at radius 3 is 2.47 bits per heavy atom. The van der Waals surface area contributed by atoms with E-state index in [2.05, 4.69) is 0 Å². The number of rotatable bonds is 4. The zero-order chi connectivity index (χ0) is 14.0. The van der Waals surface area contributed by atoms with Gasteiger partial charge in [0.1, 0.15) is 0 Å². The van der Waals surface area contributed by atoms with E-state index < -0.39 is 14.8 Å². The summed E-state index contributed by atoms with van der Waals surface area (Å²) in [5.41, 5.74) is 0.0513. The number of hydrogen-bond acceptors (Lipinski definition) is 6. The molecule has 2 rings (SSSR count). The van der Waals surface area contributed by atoms with E-state index >= 15 is 0 Å². The molecule has 8 heteroatoms. The van der Waals surface area contributed by atoms with Gasteiger partial charge < -0.3 is 0 Å². The monoisotopic (exact) mass is 302 g/mol. The average molecular weight is 302 g/mol. The van der Waals surface area contributed by atoms with Crippen LogP contribution in [-0.4, -0.2) is 42.2 Å². The second kappa shape index (κ2) is 5.48. The van der Waals surface area contributed by atoms with E-state index in [1.54, 1.807) is 12.1 Å². The van der Waals surface area contributed by atoms with E-state index in [-0.39, 0.29) is 23.2 Å². The molecular weight excluding hydrogens is 288 g/mol. The summed E-state index contributed by atoms with van der Waals surface area (Å²) < 4.78 is 24.7. The van der Waals surface area contributed by atoms with E-state index in [1.165, 1.54) is 24.1 Å². The highest BCUT2D eigenvalue weighted by molar-refractivity contribution is 7.97. The second-order valence-corrected chi connectivity index (χ2v) is 7.90. The van der Waals surface area contributed by atoms with Gasteiger partial charge >= 0.3 is 0 Å². The summed E-state index contributed by atoms with van der Waals surface area (Å²) in [6.45, 7) is 0. The third-order valence-electron chi connectivity index (χ3n) is 3.02. The van der Waals surface area contributed by atoms with E-state index in [0.29, 0.717) is 6.42 Å². The van der Waals surface area contributed by atoms with E-state index in [9.17, 15) is 18.5 Å². The molecule has 1 aliphatic heterocycles. The molecule has 6 nitrogen and oxygen atoms in total. The molecule has 19 heavy (non-hydrogen) atoms. The fourth-order valence-electron chi connectivity index (χ4n) is 1.93.